The molecule has 102 valence electrons. The number of carbonyl (C=O) groups excluding carboxylic acids is 1. The molecule has 2 fully saturated rings. The Morgan fingerprint density at radius 1 is 1.47 bits per heavy atom. The van der Waals surface area contributed by atoms with E-state index in [1.165, 1.54) is 0 Å². The van der Waals surface area contributed by atoms with Crippen molar-refractivity contribution in [3.05, 3.63) is 24.4 Å². The smallest absolute Gasteiger partial charge is 0.314 e. The van der Waals surface area contributed by atoms with Gasteiger partial charge in [0.15, 0.2) is 0 Å². The Balaban J connectivity index is 1.57. The number of nitrogens with two attached hydrogens (primary N) is 1. The average Bonchev–Trinajstić information content (AvgIpc) is 2.98. The Kier molecular flexibility index (Phi) is 3.22. The molecule has 4 N–H and O–H groups in total. The van der Waals surface area contributed by atoms with Crippen molar-refractivity contribution in [2.75, 3.05) is 19.7 Å². The summed E-state index contributed by atoms with van der Waals surface area (Å²) in [5.74, 6) is 0.925. The van der Waals surface area contributed by atoms with E-state index >= 15 is 0 Å². The lowest BCUT2D eigenvalue weighted by Gasteiger charge is -2.19. The number of primary amides is 1. The van der Waals surface area contributed by atoms with E-state index in [4.69, 9.17) is 10.5 Å². The van der Waals surface area contributed by atoms with Crippen molar-refractivity contribution in [1.82, 2.24) is 20.7 Å². The maximum Gasteiger partial charge on any atom is 0.314 e. The van der Waals surface area contributed by atoms with Crippen LogP contribution in [-0.2, 0) is 0 Å². The van der Waals surface area contributed by atoms with Gasteiger partial charge in [-0.1, -0.05) is 6.07 Å². The molecule has 0 aromatic carbocycles. The van der Waals surface area contributed by atoms with Crippen LogP contribution in [0, 0.1) is 5.92 Å². The van der Waals surface area contributed by atoms with E-state index < -0.39 is 0 Å². The van der Waals surface area contributed by atoms with Gasteiger partial charge < -0.3 is 15.4 Å². The summed E-state index contributed by atoms with van der Waals surface area (Å²) in [6.45, 7) is 1.82. The van der Waals surface area contributed by atoms with Gasteiger partial charge in [0.1, 0.15) is 6.61 Å². The van der Waals surface area contributed by atoms with Crippen LogP contribution >= 0.6 is 0 Å². The lowest BCUT2D eigenvalue weighted by atomic mass is 9.98. The molecule has 0 saturated carbocycles. The SMILES string of the molecule is NC(=O)N1CC2NNC(COc3ccccn3)C2C1. The summed E-state index contributed by atoms with van der Waals surface area (Å²) < 4.78 is 5.65. The predicted octanol–water partition coefficient (Wildman–Crippen LogP) is -0.684. The largest absolute Gasteiger partial charge is 0.476 e. The normalized spacial score (nSPS) is 29.3. The van der Waals surface area contributed by atoms with Crippen LogP contribution in [0.4, 0.5) is 4.79 Å². The Labute approximate surface area is 111 Å². The number of likely N-dealkylation sites (tertiary alicyclic amines) is 1. The molecular formula is C12H17N5O2. The van der Waals surface area contributed by atoms with Crippen LogP contribution in [0.5, 0.6) is 5.88 Å². The van der Waals surface area contributed by atoms with Crippen LogP contribution in [0.2, 0.25) is 0 Å². The first kappa shape index (κ1) is 12.2. The maximum absolute atomic E-state index is 11.2. The fourth-order valence-corrected chi connectivity index (χ4v) is 2.66. The quantitative estimate of drug-likeness (QED) is 0.671. The Hall–Kier alpha value is -1.86. The van der Waals surface area contributed by atoms with Gasteiger partial charge >= 0.3 is 6.03 Å². The van der Waals surface area contributed by atoms with E-state index in [0.717, 1.165) is 0 Å². The van der Waals surface area contributed by atoms with Crippen molar-refractivity contribution in [2.24, 2.45) is 11.7 Å². The van der Waals surface area contributed by atoms with Gasteiger partial charge in [0.25, 0.3) is 0 Å². The highest BCUT2D eigenvalue weighted by molar-refractivity contribution is 5.72. The first-order valence-corrected chi connectivity index (χ1v) is 6.33. The summed E-state index contributed by atoms with van der Waals surface area (Å²) in [6, 6.07) is 5.59. The fraction of sp³-hybridized carbons (Fsp3) is 0.500. The summed E-state index contributed by atoms with van der Waals surface area (Å²) >= 11 is 0. The molecular weight excluding hydrogens is 246 g/mol. The fourth-order valence-electron chi connectivity index (χ4n) is 2.66. The van der Waals surface area contributed by atoms with Gasteiger partial charge in [0, 0.05) is 37.3 Å². The molecule has 0 spiro atoms. The van der Waals surface area contributed by atoms with Crippen LogP contribution in [0.1, 0.15) is 0 Å². The molecule has 2 aliphatic rings. The molecule has 3 rings (SSSR count). The van der Waals surface area contributed by atoms with Crippen molar-refractivity contribution in [3.63, 3.8) is 0 Å². The van der Waals surface area contributed by atoms with Crippen molar-refractivity contribution >= 4 is 6.03 Å². The second kappa shape index (κ2) is 5.02. The van der Waals surface area contributed by atoms with Crippen LogP contribution in [0.25, 0.3) is 0 Å². The van der Waals surface area contributed by atoms with Crippen molar-refractivity contribution in [1.29, 1.82) is 0 Å². The minimum atomic E-state index is -0.361. The summed E-state index contributed by atoms with van der Waals surface area (Å²) in [5, 5.41) is 0. The number of hydrogen-bond acceptors (Lipinski definition) is 5. The van der Waals surface area contributed by atoms with Crippen molar-refractivity contribution in [2.45, 2.75) is 12.1 Å². The third-order valence-electron chi connectivity index (χ3n) is 3.70. The highest BCUT2D eigenvalue weighted by Gasteiger charge is 2.43. The second-order valence-corrected chi connectivity index (χ2v) is 4.89. The Morgan fingerprint density at radius 3 is 3.11 bits per heavy atom. The zero-order chi connectivity index (χ0) is 13.2. The molecule has 2 saturated heterocycles. The number of rotatable bonds is 3. The molecule has 1 aromatic rings. The van der Waals surface area contributed by atoms with Gasteiger partial charge in [-0.25, -0.2) is 9.78 Å². The minimum Gasteiger partial charge on any atom is -0.476 e. The third-order valence-corrected chi connectivity index (χ3v) is 3.70. The van der Waals surface area contributed by atoms with Crippen LogP contribution in [-0.4, -0.2) is 47.7 Å². The summed E-state index contributed by atoms with van der Waals surface area (Å²) in [7, 11) is 0. The summed E-state index contributed by atoms with van der Waals surface area (Å²) in [5.41, 5.74) is 11.7. The van der Waals surface area contributed by atoms with E-state index in [-0.39, 0.29) is 18.1 Å². The second-order valence-electron chi connectivity index (χ2n) is 4.89. The first-order valence-electron chi connectivity index (χ1n) is 6.33. The van der Waals surface area contributed by atoms with Crippen LogP contribution in [0.3, 0.4) is 0 Å². The molecule has 2 aliphatic heterocycles. The number of aromatic nitrogens is 1. The van der Waals surface area contributed by atoms with E-state index in [1.54, 1.807) is 11.1 Å². The molecule has 0 radical (unpaired) electrons. The molecule has 0 bridgehead atoms. The molecule has 1 aromatic heterocycles. The molecule has 7 heteroatoms. The Morgan fingerprint density at radius 2 is 2.37 bits per heavy atom. The van der Waals surface area contributed by atoms with Gasteiger partial charge in [-0.05, 0) is 6.07 Å². The number of hydrazine groups is 1. The van der Waals surface area contributed by atoms with E-state index in [2.05, 4.69) is 15.8 Å². The molecule has 3 unspecified atom stereocenters. The standard InChI is InChI=1S/C12H17N5O2/c13-12(18)17-5-8-9(6-17)15-16-10(8)7-19-11-3-1-2-4-14-11/h1-4,8-10,15-16H,5-7H2,(H2,13,18). The van der Waals surface area contributed by atoms with Gasteiger partial charge in [-0.3, -0.25) is 10.9 Å². The third kappa shape index (κ3) is 2.47. The van der Waals surface area contributed by atoms with Crippen molar-refractivity contribution < 1.29 is 9.53 Å². The number of fused-ring (bicyclic) bond motifs is 1. The Bertz CT molecular complexity index is 455. The molecule has 7 nitrogen and oxygen atoms in total. The van der Waals surface area contributed by atoms with Gasteiger partial charge in [0.05, 0.1) is 6.04 Å². The number of amides is 2. The van der Waals surface area contributed by atoms with Crippen LogP contribution in [0.15, 0.2) is 24.4 Å². The predicted molar refractivity (Wildman–Crippen MR) is 68.2 cm³/mol. The van der Waals surface area contributed by atoms with E-state index in [1.807, 2.05) is 18.2 Å². The number of carbonyl (C=O) groups is 1. The highest BCUT2D eigenvalue weighted by atomic mass is 16.5. The molecule has 3 heterocycles. The maximum atomic E-state index is 11.2. The summed E-state index contributed by atoms with van der Waals surface area (Å²) in [4.78, 5) is 17.0. The minimum absolute atomic E-state index is 0.149. The number of urea groups is 1. The van der Waals surface area contributed by atoms with Gasteiger partial charge in [-0.15, -0.1) is 0 Å². The van der Waals surface area contributed by atoms with E-state index in [9.17, 15) is 4.79 Å². The van der Waals surface area contributed by atoms with Crippen molar-refractivity contribution in [3.8, 4) is 5.88 Å². The summed E-state index contributed by atoms with van der Waals surface area (Å²) in [6.07, 6.45) is 1.70. The molecule has 0 aliphatic carbocycles. The highest BCUT2D eigenvalue weighted by Crippen LogP contribution is 2.24. The number of nitrogens with one attached hydrogen (secondary N) is 2. The van der Waals surface area contributed by atoms with Crippen LogP contribution < -0.4 is 21.3 Å². The zero-order valence-electron chi connectivity index (χ0n) is 10.5. The molecule has 3 atom stereocenters. The topological polar surface area (TPSA) is 92.5 Å². The number of hydrogen-bond donors (Lipinski definition) is 3. The molecule has 2 amide bonds. The lowest BCUT2D eigenvalue weighted by Crippen LogP contribution is -2.44. The number of nitrogens with zero attached hydrogens (tertiary/aromatic N) is 2. The monoisotopic (exact) mass is 263 g/mol. The van der Waals surface area contributed by atoms with Gasteiger partial charge in [0.2, 0.25) is 5.88 Å². The molecule has 19 heavy (non-hydrogen) atoms. The zero-order valence-corrected chi connectivity index (χ0v) is 10.5. The number of pyridine rings is 1. The van der Waals surface area contributed by atoms with Gasteiger partial charge in [-0.2, -0.15) is 0 Å². The first-order chi connectivity index (χ1) is 9.24. The van der Waals surface area contributed by atoms with E-state index in [0.29, 0.717) is 31.5 Å². The average molecular weight is 263 g/mol. The lowest BCUT2D eigenvalue weighted by molar-refractivity contribution is 0.204. The number of ether oxygens (including phenoxy) is 1.